The first-order valence-corrected chi connectivity index (χ1v) is 3.72. The number of hydrogen-bond donors (Lipinski definition) is 2. The van der Waals surface area contributed by atoms with Gasteiger partial charge in [0.05, 0.1) is 0 Å². The summed E-state index contributed by atoms with van der Waals surface area (Å²) in [5, 5.41) is 7.19. The summed E-state index contributed by atoms with van der Waals surface area (Å²) in [6.07, 6.45) is 4.78. The minimum Gasteiger partial charge on any atom is -0.355 e. The minimum absolute atomic E-state index is 0.886. The first-order valence-electron chi connectivity index (χ1n) is 3.72. The minimum atomic E-state index is 0.886. The van der Waals surface area contributed by atoms with Crippen molar-refractivity contribution >= 4 is 18.4 Å². The molecule has 1 heterocycles. The van der Waals surface area contributed by atoms with Gasteiger partial charge in [0, 0.05) is 23.2 Å². The van der Waals surface area contributed by atoms with Crippen LogP contribution in [-0.4, -0.2) is 11.2 Å². The average Bonchev–Trinajstić information content (AvgIpc) is 2.41. The quantitative estimate of drug-likeness (QED) is 0.638. The van der Waals surface area contributed by atoms with Crippen molar-refractivity contribution in [3.05, 3.63) is 35.7 Å². The van der Waals surface area contributed by atoms with Gasteiger partial charge in [0.15, 0.2) is 0 Å². The Balaban J connectivity index is 3.41. The van der Waals surface area contributed by atoms with Gasteiger partial charge in [0.25, 0.3) is 0 Å². The van der Waals surface area contributed by atoms with Crippen LogP contribution in [0.2, 0.25) is 0 Å². The molecule has 0 aromatic carbocycles. The summed E-state index contributed by atoms with van der Waals surface area (Å²) in [4.78, 5) is 3.11. The van der Waals surface area contributed by atoms with E-state index in [0.717, 1.165) is 22.5 Å². The largest absolute Gasteiger partial charge is 0.355 e. The van der Waals surface area contributed by atoms with Crippen molar-refractivity contribution in [1.82, 2.24) is 4.98 Å². The lowest BCUT2D eigenvalue weighted by Gasteiger charge is -1.90. The summed E-state index contributed by atoms with van der Waals surface area (Å²) in [6, 6.07) is 0. The van der Waals surface area contributed by atoms with Crippen LogP contribution in [0.1, 0.15) is 22.5 Å². The lowest BCUT2D eigenvalue weighted by atomic mass is 10.1. The van der Waals surface area contributed by atoms with E-state index >= 15 is 0 Å². The zero-order valence-electron chi connectivity index (χ0n) is 7.15. The Morgan fingerprint density at radius 1 is 1.25 bits per heavy atom. The molecule has 0 unspecified atom stereocenters. The number of aromatic amines is 1. The maximum absolute atomic E-state index is 7.19. The van der Waals surface area contributed by atoms with Crippen LogP contribution < -0.4 is 0 Å². The first kappa shape index (κ1) is 8.53. The number of nitrogens with one attached hydrogen (secondary N) is 2. The molecule has 0 aliphatic rings. The Hall–Kier alpha value is -1.57. The molecule has 1 aromatic heterocycles. The highest BCUT2D eigenvalue weighted by Gasteiger charge is 2.06. The molecule has 2 N–H and O–H groups in total. The Labute approximate surface area is 72.1 Å². The van der Waals surface area contributed by atoms with Gasteiger partial charge in [-0.1, -0.05) is 13.2 Å². The first-order chi connectivity index (χ1) is 5.74. The van der Waals surface area contributed by atoms with E-state index in [2.05, 4.69) is 18.1 Å². The van der Waals surface area contributed by atoms with E-state index in [1.807, 2.05) is 6.92 Å². The third-order valence-electron chi connectivity index (χ3n) is 1.92. The second kappa shape index (κ2) is 3.22. The molecule has 0 spiro atoms. The van der Waals surface area contributed by atoms with Crippen LogP contribution in [0.25, 0.3) is 12.2 Å². The molecule has 1 rings (SSSR count). The number of rotatable bonds is 3. The standard InChI is InChI=1S/C10H12N2/c1-4-9-7(3)8(6-11)10(5-2)12-9/h4-6,11-12H,1-2H2,3H3. The summed E-state index contributed by atoms with van der Waals surface area (Å²) in [7, 11) is 0. The molecule has 0 bridgehead atoms. The number of hydrogen-bond acceptors (Lipinski definition) is 1. The molecule has 0 amide bonds. The SMILES string of the molecule is C=Cc1[nH]c(C=C)c(C=N)c1C. The van der Waals surface area contributed by atoms with Gasteiger partial charge < -0.3 is 10.4 Å². The van der Waals surface area contributed by atoms with Crippen molar-refractivity contribution in [2.24, 2.45) is 0 Å². The molecule has 0 atom stereocenters. The third kappa shape index (κ3) is 1.11. The topological polar surface area (TPSA) is 39.6 Å². The average molecular weight is 160 g/mol. The Morgan fingerprint density at radius 2 is 1.83 bits per heavy atom. The lowest BCUT2D eigenvalue weighted by Crippen LogP contribution is -1.82. The van der Waals surface area contributed by atoms with E-state index in [1.165, 1.54) is 6.21 Å². The zero-order valence-corrected chi connectivity index (χ0v) is 7.15. The monoisotopic (exact) mass is 160 g/mol. The second-order valence-corrected chi connectivity index (χ2v) is 2.54. The molecular weight excluding hydrogens is 148 g/mol. The molecule has 1 aromatic rings. The van der Waals surface area contributed by atoms with Crippen LogP contribution in [0, 0.1) is 12.3 Å². The highest BCUT2D eigenvalue weighted by Crippen LogP contribution is 2.17. The van der Waals surface area contributed by atoms with E-state index < -0.39 is 0 Å². The second-order valence-electron chi connectivity index (χ2n) is 2.54. The van der Waals surface area contributed by atoms with Gasteiger partial charge in [0.2, 0.25) is 0 Å². The third-order valence-corrected chi connectivity index (χ3v) is 1.92. The van der Waals surface area contributed by atoms with E-state index in [9.17, 15) is 0 Å². The van der Waals surface area contributed by atoms with Gasteiger partial charge >= 0.3 is 0 Å². The van der Waals surface area contributed by atoms with E-state index in [1.54, 1.807) is 12.2 Å². The van der Waals surface area contributed by atoms with Crippen LogP contribution in [0.5, 0.6) is 0 Å². The van der Waals surface area contributed by atoms with Crippen molar-refractivity contribution in [3.63, 3.8) is 0 Å². The fourth-order valence-corrected chi connectivity index (χ4v) is 1.20. The Bertz CT molecular complexity index is 332. The van der Waals surface area contributed by atoms with Crippen LogP contribution in [0.15, 0.2) is 13.2 Å². The van der Waals surface area contributed by atoms with Crippen molar-refractivity contribution in [2.45, 2.75) is 6.92 Å². The molecule has 0 aliphatic carbocycles. The molecule has 0 saturated heterocycles. The molecule has 62 valence electrons. The van der Waals surface area contributed by atoms with Crippen LogP contribution in [0.3, 0.4) is 0 Å². The summed E-state index contributed by atoms with van der Waals surface area (Å²) in [5.41, 5.74) is 3.79. The fourth-order valence-electron chi connectivity index (χ4n) is 1.20. The Kier molecular flexibility index (Phi) is 2.29. The van der Waals surface area contributed by atoms with Gasteiger partial charge in [-0.15, -0.1) is 0 Å². The predicted octanol–water partition coefficient (Wildman–Crippen LogP) is 2.61. The molecule has 0 fully saturated rings. The van der Waals surface area contributed by atoms with Gasteiger partial charge in [0.1, 0.15) is 0 Å². The molecule has 2 nitrogen and oxygen atoms in total. The highest BCUT2D eigenvalue weighted by atomic mass is 14.7. The smallest absolute Gasteiger partial charge is 0.0470 e. The van der Waals surface area contributed by atoms with Gasteiger partial charge in [-0.3, -0.25) is 0 Å². The molecule has 2 heteroatoms. The summed E-state index contributed by atoms with van der Waals surface area (Å²) in [5.74, 6) is 0. The summed E-state index contributed by atoms with van der Waals surface area (Å²) < 4.78 is 0. The fraction of sp³-hybridized carbons (Fsp3) is 0.100. The molecule has 12 heavy (non-hydrogen) atoms. The van der Waals surface area contributed by atoms with Crippen molar-refractivity contribution in [2.75, 3.05) is 0 Å². The van der Waals surface area contributed by atoms with Gasteiger partial charge in [-0.25, -0.2) is 0 Å². The van der Waals surface area contributed by atoms with Crippen LogP contribution >= 0.6 is 0 Å². The number of H-pyrrole nitrogens is 1. The van der Waals surface area contributed by atoms with E-state index in [0.29, 0.717) is 0 Å². The molecule has 0 aliphatic heterocycles. The normalized spacial score (nSPS) is 9.42. The summed E-state index contributed by atoms with van der Waals surface area (Å²) >= 11 is 0. The lowest BCUT2D eigenvalue weighted by molar-refractivity contribution is 1.33. The highest BCUT2D eigenvalue weighted by molar-refractivity contribution is 5.86. The zero-order chi connectivity index (χ0) is 9.14. The predicted molar refractivity (Wildman–Crippen MR) is 53.6 cm³/mol. The van der Waals surface area contributed by atoms with Crippen LogP contribution in [-0.2, 0) is 0 Å². The van der Waals surface area contributed by atoms with E-state index in [-0.39, 0.29) is 0 Å². The van der Waals surface area contributed by atoms with Crippen molar-refractivity contribution in [3.8, 4) is 0 Å². The molecule has 0 saturated carbocycles. The molecular formula is C10H12N2. The molecule has 0 radical (unpaired) electrons. The van der Waals surface area contributed by atoms with Crippen molar-refractivity contribution in [1.29, 1.82) is 5.41 Å². The van der Waals surface area contributed by atoms with Gasteiger partial charge in [-0.2, -0.15) is 0 Å². The van der Waals surface area contributed by atoms with Crippen molar-refractivity contribution < 1.29 is 0 Å². The maximum atomic E-state index is 7.19. The Morgan fingerprint density at radius 3 is 2.17 bits per heavy atom. The maximum Gasteiger partial charge on any atom is 0.0470 e. The van der Waals surface area contributed by atoms with Gasteiger partial charge in [-0.05, 0) is 24.6 Å². The summed E-state index contributed by atoms with van der Waals surface area (Å²) in [6.45, 7) is 9.29. The van der Waals surface area contributed by atoms with Crippen LogP contribution in [0.4, 0.5) is 0 Å². The van der Waals surface area contributed by atoms with E-state index in [4.69, 9.17) is 5.41 Å². The number of aromatic nitrogens is 1.